The quantitative estimate of drug-likeness (QED) is 0.441. The number of carbonyl (C=O) groups excluding carboxylic acids is 3. The molecule has 0 spiro atoms. The van der Waals surface area contributed by atoms with Crippen molar-refractivity contribution in [2.24, 2.45) is 0 Å². The minimum absolute atomic E-state index is 0.0515. The molecule has 0 saturated heterocycles. The van der Waals surface area contributed by atoms with Crippen LogP contribution in [-0.4, -0.2) is 18.1 Å². The van der Waals surface area contributed by atoms with Crippen LogP contribution in [0.25, 0.3) is 0 Å². The first-order valence-corrected chi connectivity index (χ1v) is 4.15. The molecule has 1 heterocycles. The van der Waals surface area contributed by atoms with E-state index in [0.717, 1.165) is 23.3 Å². The number of amides is 1. The van der Waals surface area contributed by atoms with E-state index in [1.165, 1.54) is 0 Å². The Labute approximate surface area is 91.3 Å². The molecule has 2 rings (SSSR count). The minimum atomic E-state index is 0.0515. The molecule has 1 aromatic carbocycles. The van der Waals surface area contributed by atoms with Crippen LogP contribution in [0.5, 0.6) is 0 Å². The van der Waals surface area contributed by atoms with Crippen molar-refractivity contribution in [2.45, 2.75) is 6.54 Å². The molecule has 0 aliphatic carbocycles. The van der Waals surface area contributed by atoms with E-state index < -0.39 is 0 Å². The number of rotatable bonds is 0. The topological polar surface area (TPSA) is 111 Å². The Morgan fingerprint density at radius 2 is 1.62 bits per heavy atom. The van der Waals surface area contributed by atoms with Crippen molar-refractivity contribution >= 4 is 18.1 Å². The van der Waals surface area contributed by atoms with E-state index in [0.29, 0.717) is 6.54 Å². The third kappa shape index (κ3) is 4.11. The van der Waals surface area contributed by atoms with Crippen LogP contribution in [0.15, 0.2) is 24.3 Å². The van der Waals surface area contributed by atoms with Gasteiger partial charge in [-0.15, -0.1) is 0 Å². The molecule has 0 atom stereocenters. The van der Waals surface area contributed by atoms with Gasteiger partial charge in [0.15, 0.2) is 0 Å². The summed E-state index contributed by atoms with van der Waals surface area (Å²) in [5.74, 6) is 0.0515. The van der Waals surface area contributed by atoms with Crippen LogP contribution >= 0.6 is 0 Å². The van der Waals surface area contributed by atoms with Crippen LogP contribution in [0.4, 0.5) is 0 Å². The van der Waals surface area contributed by atoms with Crippen LogP contribution in [0.2, 0.25) is 0 Å². The Hall–Kier alpha value is -2.55. The fourth-order valence-electron chi connectivity index (χ4n) is 1.17. The third-order valence-electron chi connectivity index (χ3n) is 1.70. The Bertz CT molecular complexity index is 419. The molecule has 1 aliphatic rings. The van der Waals surface area contributed by atoms with Crippen molar-refractivity contribution in [1.82, 2.24) is 5.32 Å². The number of nitrogens with one attached hydrogen (secondary N) is 3. The molecule has 1 amide bonds. The zero-order valence-corrected chi connectivity index (χ0v) is 8.24. The molecule has 1 aliphatic heterocycles. The zero-order chi connectivity index (χ0) is 12.4. The summed E-state index contributed by atoms with van der Waals surface area (Å²) in [4.78, 5) is 27.6. The first-order valence-electron chi connectivity index (χ1n) is 4.15. The zero-order valence-electron chi connectivity index (χ0n) is 8.24. The number of carbonyl (C=O) groups is 1. The van der Waals surface area contributed by atoms with Crippen LogP contribution in [-0.2, 0) is 16.1 Å². The average molecular weight is 219 g/mol. The molecule has 6 nitrogen and oxygen atoms in total. The summed E-state index contributed by atoms with van der Waals surface area (Å²) in [5, 5.41) is 13.6. The predicted molar refractivity (Wildman–Crippen MR) is 54.4 cm³/mol. The second-order valence-electron chi connectivity index (χ2n) is 2.54. The Kier molecular flexibility index (Phi) is 6.57. The normalized spacial score (nSPS) is 10.1. The van der Waals surface area contributed by atoms with Gasteiger partial charge in [0.25, 0.3) is 5.91 Å². The number of fused-ring (bicyclic) bond motifs is 1. The molecule has 0 saturated carbocycles. The van der Waals surface area contributed by atoms with Gasteiger partial charge in [-0.05, 0) is 11.6 Å². The monoisotopic (exact) mass is 219 g/mol. The fraction of sp³-hybridized carbons (Fsp3) is 0.100. The lowest BCUT2D eigenvalue weighted by atomic mass is 10.1. The van der Waals surface area contributed by atoms with E-state index in [-0.39, 0.29) is 5.91 Å². The molecule has 3 N–H and O–H groups in total. The van der Waals surface area contributed by atoms with E-state index in [2.05, 4.69) is 5.32 Å². The summed E-state index contributed by atoms with van der Waals surface area (Å²) in [5.41, 5.74) is 1.93. The lowest BCUT2D eigenvalue weighted by molar-refractivity contribution is 0.0965. The second kappa shape index (κ2) is 7.82. The summed E-state index contributed by atoms with van der Waals surface area (Å²) >= 11 is 0. The minimum Gasteiger partial charge on any atom is -0.348 e. The number of hydrogen-bond acceptors (Lipinski definition) is 5. The maximum absolute atomic E-state index is 11.0. The van der Waals surface area contributed by atoms with E-state index in [1.807, 2.05) is 24.3 Å². The van der Waals surface area contributed by atoms with Crippen LogP contribution in [0.3, 0.4) is 0 Å². The van der Waals surface area contributed by atoms with Gasteiger partial charge in [-0.3, -0.25) is 4.79 Å². The summed E-state index contributed by atoms with van der Waals surface area (Å²) in [6, 6.07) is 7.63. The second-order valence-corrected chi connectivity index (χ2v) is 2.54. The molecular weight excluding hydrogens is 210 g/mol. The van der Waals surface area contributed by atoms with Crippen molar-refractivity contribution in [3.8, 4) is 0 Å². The van der Waals surface area contributed by atoms with Gasteiger partial charge in [0.1, 0.15) is 0 Å². The lowest BCUT2D eigenvalue weighted by Crippen LogP contribution is -2.12. The van der Waals surface area contributed by atoms with Crippen LogP contribution < -0.4 is 5.32 Å². The maximum atomic E-state index is 11.0. The summed E-state index contributed by atoms with van der Waals surface area (Å²) in [6.07, 6.45) is 1.50. The number of benzene rings is 1. The van der Waals surface area contributed by atoms with E-state index in [9.17, 15) is 4.79 Å². The standard InChI is InChI=1S/C8H7NO.2CHNO/c10-8-7-4-2-1-3-6(7)5-9-8;2*2-1-3/h1-4H,5H2,(H,9,10);2*2H. The van der Waals surface area contributed by atoms with Crippen molar-refractivity contribution in [1.29, 1.82) is 10.8 Å². The number of isocyanates is 2. The summed E-state index contributed by atoms with van der Waals surface area (Å²) in [6.45, 7) is 0.689. The molecule has 1 aromatic rings. The van der Waals surface area contributed by atoms with E-state index in [4.69, 9.17) is 20.4 Å². The molecule has 16 heavy (non-hydrogen) atoms. The molecule has 0 fully saturated rings. The first kappa shape index (κ1) is 13.5. The first-order chi connectivity index (χ1) is 7.71. The lowest BCUT2D eigenvalue weighted by Gasteiger charge is -1.89. The number of hydrogen-bond donors (Lipinski definition) is 3. The van der Waals surface area contributed by atoms with Gasteiger partial charge in [-0.1, -0.05) is 18.2 Å². The van der Waals surface area contributed by atoms with Gasteiger partial charge < -0.3 is 5.32 Å². The molecule has 0 aromatic heterocycles. The fourth-order valence-corrected chi connectivity index (χ4v) is 1.17. The van der Waals surface area contributed by atoms with Gasteiger partial charge >= 0.3 is 0 Å². The SMILES string of the molecule is N=C=O.N=C=O.O=C1NCc2ccccc21. The molecule has 0 radical (unpaired) electrons. The van der Waals surface area contributed by atoms with Crippen LogP contribution in [0, 0.1) is 10.8 Å². The van der Waals surface area contributed by atoms with Crippen LogP contribution in [0.1, 0.15) is 15.9 Å². The Morgan fingerprint density at radius 3 is 2.12 bits per heavy atom. The molecule has 0 unspecified atom stereocenters. The Balaban J connectivity index is 0.000000321. The maximum Gasteiger partial charge on any atom is 0.251 e. The van der Waals surface area contributed by atoms with Gasteiger partial charge in [0.05, 0.1) is 0 Å². The molecular formula is C10H9N3O3. The van der Waals surface area contributed by atoms with E-state index >= 15 is 0 Å². The highest BCUT2D eigenvalue weighted by Gasteiger charge is 2.16. The Morgan fingerprint density at radius 1 is 1.12 bits per heavy atom. The smallest absolute Gasteiger partial charge is 0.251 e. The van der Waals surface area contributed by atoms with Crippen molar-refractivity contribution in [3.63, 3.8) is 0 Å². The average Bonchev–Trinajstić information content (AvgIpc) is 2.64. The van der Waals surface area contributed by atoms with Gasteiger partial charge in [-0.2, -0.15) is 0 Å². The van der Waals surface area contributed by atoms with Crippen molar-refractivity contribution < 1.29 is 14.4 Å². The molecule has 82 valence electrons. The highest BCUT2D eigenvalue weighted by molar-refractivity contribution is 5.98. The summed E-state index contributed by atoms with van der Waals surface area (Å²) in [7, 11) is 0. The highest BCUT2D eigenvalue weighted by Crippen LogP contribution is 2.13. The van der Waals surface area contributed by atoms with Crippen molar-refractivity contribution in [3.05, 3.63) is 35.4 Å². The predicted octanol–water partition coefficient (Wildman–Crippen LogP) is 0.732. The van der Waals surface area contributed by atoms with Crippen molar-refractivity contribution in [2.75, 3.05) is 0 Å². The van der Waals surface area contributed by atoms with Gasteiger partial charge in [-0.25, -0.2) is 20.4 Å². The molecule has 0 bridgehead atoms. The highest BCUT2D eigenvalue weighted by atomic mass is 16.2. The largest absolute Gasteiger partial charge is 0.348 e. The van der Waals surface area contributed by atoms with E-state index in [1.54, 1.807) is 0 Å². The van der Waals surface area contributed by atoms with Gasteiger partial charge in [0.2, 0.25) is 12.2 Å². The molecule has 6 heteroatoms. The van der Waals surface area contributed by atoms with Gasteiger partial charge in [0, 0.05) is 12.1 Å². The third-order valence-corrected chi connectivity index (χ3v) is 1.70. The summed E-state index contributed by atoms with van der Waals surface area (Å²) < 4.78 is 0.